The lowest BCUT2D eigenvalue weighted by Gasteiger charge is -2.33. The van der Waals surface area contributed by atoms with E-state index in [4.69, 9.17) is 9.47 Å². The van der Waals surface area contributed by atoms with Crippen LogP contribution in [0.3, 0.4) is 0 Å². The van der Waals surface area contributed by atoms with Gasteiger partial charge in [0, 0.05) is 18.0 Å². The van der Waals surface area contributed by atoms with Crippen molar-refractivity contribution in [2.75, 3.05) is 27.3 Å². The highest BCUT2D eigenvalue weighted by atomic mass is 32.2. The van der Waals surface area contributed by atoms with Crippen LogP contribution in [0, 0.1) is 5.92 Å². The number of amides is 1. The minimum absolute atomic E-state index is 0.122. The Morgan fingerprint density at radius 2 is 1.75 bits per heavy atom. The lowest BCUT2D eigenvalue weighted by atomic mass is 9.90. The number of carbonyl (C=O) groups excluding carboxylic acids is 1. The van der Waals surface area contributed by atoms with E-state index in [0.717, 1.165) is 37.2 Å². The van der Waals surface area contributed by atoms with Gasteiger partial charge in [-0.3, -0.25) is 4.79 Å². The van der Waals surface area contributed by atoms with Crippen molar-refractivity contribution in [3.8, 4) is 11.5 Å². The molecule has 4 nitrogen and oxygen atoms in total. The second-order valence-electron chi connectivity index (χ2n) is 7.24. The SMILES string of the molecule is COc1ccc(SC(C)C(=O)N2CCC(Cc3ccccc3)CC2)cc1OC. The number of hydrogen-bond acceptors (Lipinski definition) is 4. The Bertz CT molecular complexity index is 773. The summed E-state index contributed by atoms with van der Waals surface area (Å²) in [4.78, 5) is 15.9. The van der Waals surface area contributed by atoms with Gasteiger partial charge in [-0.05, 0) is 55.9 Å². The second kappa shape index (κ2) is 9.87. The molecule has 0 aromatic heterocycles. The van der Waals surface area contributed by atoms with E-state index in [1.807, 2.05) is 30.0 Å². The third kappa shape index (κ3) is 5.22. The van der Waals surface area contributed by atoms with Gasteiger partial charge in [0.25, 0.3) is 0 Å². The van der Waals surface area contributed by atoms with Crippen LogP contribution >= 0.6 is 11.8 Å². The maximum Gasteiger partial charge on any atom is 0.235 e. The molecule has 1 aliphatic rings. The summed E-state index contributed by atoms with van der Waals surface area (Å²) in [5, 5.41) is -0.122. The first-order valence-corrected chi connectivity index (χ1v) is 10.7. The van der Waals surface area contributed by atoms with E-state index >= 15 is 0 Å². The van der Waals surface area contributed by atoms with Gasteiger partial charge in [0.1, 0.15) is 0 Å². The molecule has 1 fully saturated rings. The molecule has 1 unspecified atom stereocenters. The van der Waals surface area contributed by atoms with Gasteiger partial charge < -0.3 is 14.4 Å². The van der Waals surface area contributed by atoms with Gasteiger partial charge in [-0.1, -0.05) is 30.3 Å². The summed E-state index contributed by atoms with van der Waals surface area (Å²) in [5.41, 5.74) is 1.39. The molecule has 150 valence electrons. The lowest BCUT2D eigenvalue weighted by Crippen LogP contribution is -2.42. The number of ether oxygens (including phenoxy) is 2. The van der Waals surface area contributed by atoms with Crippen molar-refractivity contribution in [3.63, 3.8) is 0 Å². The topological polar surface area (TPSA) is 38.8 Å². The Kier molecular flexibility index (Phi) is 7.26. The summed E-state index contributed by atoms with van der Waals surface area (Å²) >= 11 is 1.57. The molecule has 3 rings (SSSR count). The van der Waals surface area contributed by atoms with Gasteiger partial charge in [-0.2, -0.15) is 0 Å². The maximum atomic E-state index is 12.9. The first-order valence-electron chi connectivity index (χ1n) is 9.82. The Hall–Kier alpha value is -2.14. The van der Waals surface area contributed by atoms with Gasteiger partial charge in [-0.25, -0.2) is 0 Å². The molecule has 0 N–H and O–H groups in total. The van der Waals surface area contributed by atoms with Crippen LogP contribution in [-0.2, 0) is 11.2 Å². The fourth-order valence-corrected chi connectivity index (χ4v) is 4.69. The van der Waals surface area contributed by atoms with Crippen LogP contribution < -0.4 is 9.47 Å². The van der Waals surface area contributed by atoms with Crippen LogP contribution in [0.1, 0.15) is 25.3 Å². The molecule has 28 heavy (non-hydrogen) atoms. The van der Waals surface area contributed by atoms with Crippen molar-refractivity contribution in [1.29, 1.82) is 0 Å². The average molecular weight is 400 g/mol. The van der Waals surface area contributed by atoms with Crippen LogP contribution in [0.4, 0.5) is 0 Å². The van der Waals surface area contributed by atoms with Gasteiger partial charge in [0.05, 0.1) is 19.5 Å². The van der Waals surface area contributed by atoms with Crippen molar-refractivity contribution in [3.05, 3.63) is 54.1 Å². The van der Waals surface area contributed by atoms with Gasteiger partial charge in [0.2, 0.25) is 5.91 Å². The third-order valence-corrected chi connectivity index (χ3v) is 6.39. The molecule has 1 amide bonds. The molecule has 2 aromatic carbocycles. The van der Waals surface area contributed by atoms with Crippen molar-refractivity contribution in [2.24, 2.45) is 5.92 Å². The van der Waals surface area contributed by atoms with Crippen molar-refractivity contribution >= 4 is 17.7 Å². The zero-order valence-corrected chi connectivity index (χ0v) is 17.7. The number of nitrogens with zero attached hydrogens (tertiary/aromatic N) is 1. The van der Waals surface area contributed by atoms with Gasteiger partial charge >= 0.3 is 0 Å². The Morgan fingerprint density at radius 3 is 2.39 bits per heavy atom. The molecule has 0 bridgehead atoms. The van der Waals surface area contributed by atoms with Crippen LogP contribution in [0.25, 0.3) is 0 Å². The first kappa shape index (κ1) is 20.6. The van der Waals surface area contributed by atoms with Crippen molar-refractivity contribution in [1.82, 2.24) is 4.90 Å². The fourth-order valence-electron chi connectivity index (χ4n) is 3.71. The number of rotatable bonds is 7. The Balaban J connectivity index is 1.52. The number of carbonyl (C=O) groups is 1. The third-order valence-electron chi connectivity index (χ3n) is 5.31. The van der Waals surface area contributed by atoms with Gasteiger partial charge in [-0.15, -0.1) is 11.8 Å². The molecular weight excluding hydrogens is 370 g/mol. The van der Waals surface area contributed by atoms with Crippen LogP contribution in [-0.4, -0.2) is 43.4 Å². The normalized spacial score (nSPS) is 15.9. The summed E-state index contributed by atoms with van der Waals surface area (Å²) in [7, 11) is 3.25. The van der Waals surface area contributed by atoms with Crippen molar-refractivity contribution < 1.29 is 14.3 Å². The number of likely N-dealkylation sites (tertiary alicyclic amines) is 1. The van der Waals surface area contributed by atoms with E-state index < -0.39 is 0 Å². The Labute approximate surface area is 172 Å². The fraction of sp³-hybridized carbons (Fsp3) is 0.435. The first-order chi connectivity index (χ1) is 13.6. The molecular formula is C23H29NO3S. The second-order valence-corrected chi connectivity index (χ2v) is 8.65. The van der Waals surface area contributed by atoms with E-state index in [-0.39, 0.29) is 11.2 Å². The molecule has 1 heterocycles. The molecule has 1 atom stereocenters. The highest BCUT2D eigenvalue weighted by Gasteiger charge is 2.26. The monoisotopic (exact) mass is 399 g/mol. The zero-order chi connectivity index (χ0) is 19.9. The molecule has 2 aromatic rings. The standard InChI is InChI=1S/C23H29NO3S/c1-17(28-20-9-10-21(26-2)22(16-20)27-3)23(25)24-13-11-19(12-14-24)15-18-7-5-4-6-8-18/h4-10,16-17,19H,11-15H2,1-3H3. The van der Waals surface area contributed by atoms with E-state index in [2.05, 4.69) is 30.3 Å². The number of thioether (sulfide) groups is 1. The molecule has 0 aliphatic carbocycles. The van der Waals surface area contributed by atoms with Crippen molar-refractivity contribution in [2.45, 2.75) is 36.3 Å². The zero-order valence-electron chi connectivity index (χ0n) is 16.9. The minimum Gasteiger partial charge on any atom is -0.493 e. The molecule has 0 spiro atoms. The van der Waals surface area contributed by atoms with E-state index in [1.165, 1.54) is 5.56 Å². The summed E-state index contributed by atoms with van der Waals surface area (Å²) in [6.07, 6.45) is 3.27. The minimum atomic E-state index is -0.122. The van der Waals surface area contributed by atoms with E-state index in [9.17, 15) is 4.79 Å². The number of hydrogen-bond donors (Lipinski definition) is 0. The largest absolute Gasteiger partial charge is 0.493 e. The number of benzene rings is 2. The van der Waals surface area contributed by atoms with Crippen LogP contribution in [0.5, 0.6) is 11.5 Å². The summed E-state index contributed by atoms with van der Waals surface area (Å²) in [5.74, 6) is 2.28. The molecule has 0 saturated carbocycles. The van der Waals surface area contributed by atoms with E-state index in [1.54, 1.807) is 26.0 Å². The highest BCUT2D eigenvalue weighted by molar-refractivity contribution is 8.00. The summed E-state index contributed by atoms with van der Waals surface area (Å²) < 4.78 is 10.6. The van der Waals surface area contributed by atoms with Crippen LogP contribution in [0.2, 0.25) is 0 Å². The predicted octanol–water partition coefficient (Wildman–Crippen LogP) is 4.67. The highest BCUT2D eigenvalue weighted by Crippen LogP contribution is 2.34. The number of methoxy groups -OCH3 is 2. The molecule has 1 aliphatic heterocycles. The predicted molar refractivity (Wildman–Crippen MR) is 114 cm³/mol. The lowest BCUT2D eigenvalue weighted by molar-refractivity contribution is -0.131. The molecule has 5 heteroatoms. The average Bonchev–Trinajstić information content (AvgIpc) is 2.74. The smallest absolute Gasteiger partial charge is 0.235 e. The van der Waals surface area contributed by atoms with Gasteiger partial charge in [0.15, 0.2) is 11.5 Å². The van der Waals surface area contributed by atoms with E-state index in [0.29, 0.717) is 17.4 Å². The maximum absolute atomic E-state index is 12.9. The molecule has 0 radical (unpaired) electrons. The quantitative estimate of drug-likeness (QED) is 0.635. The summed E-state index contributed by atoms with van der Waals surface area (Å²) in [6, 6.07) is 16.4. The Morgan fingerprint density at radius 1 is 1.07 bits per heavy atom. The van der Waals surface area contributed by atoms with Crippen LogP contribution in [0.15, 0.2) is 53.4 Å². The number of piperidine rings is 1. The summed E-state index contributed by atoms with van der Waals surface area (Å²) in [6.45, 7) is 3.69. The molecule has 1 saturated heterocycles.